The molecular weight excluding hydrogens is 354 g/mol. The topological polar surface area (TPSA) is 80.3 Å². The van der Waals surface area contributed by atoms with Crippen molar-refractivity contribution >= 4 is 17.5 Å². The Morgan fingerprint density at radius 1 is 0.964 bits per heavy atom. The monoisotopic (exact) mass is 375 g/mol. The molecule has 0 atom stereocenters. The number of hydrogen-bond acceptors (Lipinski definition) is 4. The van der Waals surface area contributed by atoms with Gasteiger partial charge in [-0.05, 0) is 36.8 Å². The van der Waals surface area contributed by atoms with Gasteiger partial charge in [-0.1, -0.05) is 30.3 Å². The standard InChI is InChI=1S/C22H21N3O3/c1-15-6-5-8-18(20(15)25-21(26)16-10-12-23-13-11-16)22(27)24-14-17-7-3-4-9-19(17)28-2/h3-13H,14H2,1-2H3,(H,24,27)(H,25,26). The number of para-hydroxylation sites is 2. The number of methoxy groups -OCH3 is 1. The molecule has 1 aromatic heterocycles. The van der Waals surface area contributed by atoms with E-state index in [0.717, 1.165) is 11.1 Å². The average molecular weight is 375 g/mol. The van der Waals surface area contributed by atoms with Gasteiger partial charge in [-0.15, -0.1) is 0 Å². The Labute approximate surface area is 163 Å². The van der Waals surface area contributed by atoms with E-state index >= 15 is 0 Å². The van der Waals surface area contributed by atoms with E-state index in [1.54, 1.807) is 43.8 Å². The van der Waals surface area contributed by atoms with E-state index in [1.165, 1.54) is 0 Å². The molecule has 0 bridgehead atoms. The summed E-state index contributed by atoms with van der Waals surface area (Å²) >= 11 is 0. The number of aryl methyl sites for hydroxylation is 1. The number of hydrogen-bond donors (Lipinski definition) is 2. The van der Waals surface area contributed by atoms with E-state index in [2.05, 4.69) is 15.6 Å². The Morgan fingerprint density at radius 2 is 1.71 bits per heavy atom. The molecule has 2 N–H and O–H groups in total. The lowest BCUT2D eigenvalue weighted by Crippen LogP contribution is -2.25. The van der Waals surface area contributed by atoms with Crippen LogP contribution in [0.1, 0.15) is 31.8 Å². The molecule has 6 heteroatoms. The lowest BCUT2D eigenvalue weighted by Gasteiger charge is -2.15. The molecule has 3 aromatic rings. The van der Waals surface area contributed by atoms with Crippen LogP contribution < -0.4 is 15.4 Å². The van der Waals surface area contributed by atoms with Crippen molar-refractivity contribution in [3.05, 3.63) is 89.2 Å². The average Bonchev–Trinajstić information content (AvgIpc) is 2.74. The molecule has 0 aliphatic rings. The summed E-state index contributed by atoms with van der Waals surface area (Å²) in [4.78, 5) is 29.2. The molecule has 2 aromatic carbocycles. The van der Waals surface area contributed by atoms with E-state index in [4.69, 9.17) is 4.74 Å². The molecule has 142 valence electrons. The summed E-state index contributed by atoms with van der Waals surface area (Å²) in [6, 6.07) is 16.1. The second-order valence-electron chi connectivity index (χ2n) is 6.18. The highest BCUT2D eigenvalue weighted by atomic mass is 16.5. The first-order chi connectivity index (χ1) is 13.6. The zero-order valence-corrected chi connectivity index (χ0v) is 15.7. The van der Waals surface area contributed by atoms with Crippen LogP contribution in [0.5, 0.6) is 5.75 Å². The fraction of sp³-hybridized carbons (Fsp3) is 0.136. The van der Waals surface area contributed by atoms with Gasteiger partial charge < -0.3 is 15.4 Å². The molecule has 0 radical (unpaired) electrons. The highest BCUT2D eigenvalue weighted by Crippen LogP contribution is 2.22. The smallest absolute Gasteiger partial charge is 0.255 e. The number of anilines is 1. The number of rotatable bonds is 6. The molecule has 28 heavy (non-hydrogen) atoms. The fourth-order valence-electron chi connectivity index (χ4n) is 2.83. The molecule has 0 saturated carbocycles. The first-order valence-corrected chi connectivity index (χ1v) is 8.81. The summed E-state index contributed by atoms with van der Waals surface area (Å²) in [6.07, 6.45) is 3.10. The van der Waals surface area contributed by atoms with Gasteiger partial charge in [0, 0.05) is 30.1 Å². The minimum Gasteiger partial charge on any atom is -0.496 e. The Kier molecular flexibility index (Phi) is 6.01. The van der Waals surface area contributed by atoms with Gasteiger partial charge in [-0.2, -0.15) is 0 Å². The van der Waals surface area contributed by atoms with E-state index in [1.807, 2.05) is 37.3 Å². The number of ether oxygens (including phenoxy) is 1. The molecule has 6 nitrogen and oxygen atoms in total. The van der Waals surface area contributed by atoms with Crippen LogP contribution in [0.15, 0.2) is 67.0 Å². The quantitative estimate of drug-likeness (QED) is 0.690. The molecule has 0 unspecified atom stereocenters. The molecule has 0 aliphatic heterocycles. The number of nitrogens with zero attached hydrogens (tertiary/aromatic N) is 1. The second kappa shape index (κ2) is 8.81. The summed E-state index contributed by atoms with van der Waals surface area (Å²) in [7, 11) is 1.59. The molecule has 2 amide bonds. The normalized spacial score (nSPS) is 10.2. The largest absolute Gasteiger partial charge is 0.496 e. The minimum atomic E-state index is -0.296. The molecule has 1 heterocycles. The number of carbonyl (C=O) groups excluding carboxylic acids is 2. The minimum absolute atomic E-state index is 0.278. The van der Waals surface area contributed by atoms with E-state index in [9.17, 15) is 9.59 Å². The van der Waals surface area contributed by atoms with Crippen LogP contribution >= 0.6 is 0 Å². The van der Waals surface area contributed by atoms with Gasteiger partial charge >= 0.3 is 0 Å². The first-order valence-electron chi connectivity index (χ1n) is 8.81. The summed E-state index contributed by atoms with van der Waals surface area (Å²) in [6.45, 7) is 2.16. The van der Waals surface area contributed by atoms with Crippen molar-refractivity contribution in [1.82, 2.24) is 10.3 Å². The van der Waals surface area contributed by atoms with E-state index < -0.39 is 0 Å². The van der Waals surface area contributed by atoms with Crippen LogP contribution in [0.2, 0.25) is 0 Å². The molecule has 0 saturated heterocycles. The Bertz CT molecular complexity index is 987. The van der Waals surface area contributed by atoms with Crippen molar-refractivity contribution in [2.45, 2.75) is 13.5 Å². The van der Waals surface area contributed by atoms with E-state index in [-0.39, 0.29) is 11.8 Å². The Balaban J connectivity index is 1.79. The third kappa shape index (κ3) is 4.35. The van der Waals surface area contributed by atoms with Crippen LogP contribution in [-0.2, 0) is 6.54 Å². The molecule has 3 rings (SSSR count). The van der Waals surface area contributed by atoms with Crippen LogP contribution in [-0.4, -0.2) is 23.9 Å². The zero-order valence-electron chi connectivity index (χ0n) is 15.7. The third-order valence-electron chi connectivity index (χ3n) is 4.33. The third-order valence-corrected chi connectivity index (χ3v) is 4.33. The second-order valence-corrected chi connectivity index (χ2v) is 6.18. The lowest BCUT2D eigenvalue weighted by atomic mass is 10.1. The Hall–Kier alpha value is -3.67. The molecular formula is C22H21N3O3. The van der Waals surface area contributed by atoms with Crippen molar-refractivity contribution in [3.63, 3.8) is 0 Å². The SMILES string of the molecule is COc1ccccc1CNC(=O)c1cccc(C)c1NC(=O)c1ccncc1. The number of pyridine rings is 1. The number of nitrogens with one attached hydrogen (secondary N) is 2. The van der Waals surface area contributed by atoms with E-state index in [0.29, 0.717) is 29.1 Å². The van der Waals surface area contributed by atoms with Crippen LogP contribution in [0.3, 0.4) is 0 Å². The highest BCUT2D eigenvalue weighted by molar-refractivity contribution is 6.09. The van der Waals surface area contributed by atoms with Crippen molar-refractivity contribution in [3.8, 4) is 5.75 Å². The zero-order chi connectivity index (χ0) is 19.9. The number of aromatic nitrogens is 1. The Morgan fingerprint density at radius 3 is 2.46 bits per heavy atom. The van der Waals surface area contributed by atoms with Crippen molar-refractivity contribution < 1.29 is 14.3 Å². The molecule has 0 fully saturated rings. The number of amides is 2. The first kappa shape index (κ1) is 19.1. The van der Waals surface area contributed by atoms with Crippen molar-refractivity contribution in [2.75, 3.05) is 12.4 Å². The number of benzene rings is 2. The van der Waals surface area contributed by atoms with Gasteiger partial charge in [0.25, 0.3) is 11.8 Å². The van der Waals surface area contributed by atoms with Gasteiger partial charge in [0.15, 0.2) is 0 Å². The summed E-state index contributed by atoms with van der Waals surface area (Å²) < 4.78 is 5.31. The maximum atomic E-state index is 12.8. The van der Waals surface area contributed by atoms with Gasteiger partial charge in [-0.3, -0.25) is 14.6 Å². The molecule has 0 spiro atoms. The maximum Gasteiger partial charge on any atom is 0.255 e. The van der Waals surface area contributed by atoms with Crippen molar-refractivity contribution in [1.29, 1.82) is 0 Å². The van der Waals surface area contributed by atoms with Crippen LogP contribution in [0, 0.1) is 6.92 Å². The van der Waals surface area contributed by atoms with Gasteiger partial charge in [-0.25, -0.2) is 0 Å². The predicted molar refractivity (Wildman–Crippen MR) is 108 cm³/mol. The summed E-state index contributed by atoms with van der Waals surface area (Å²) in [5.41, 5.74) is 3.03. The van der Waals surface area contributed by atoms with Crippen LogP contribution in [0.25, 0.3) is 0 Å². The predicted octanol–water partition coefficient (Wildman–Crippen LogP) is 3.58. The van der Waals surface area contributed by atoms with Crippen LogP contribution in [0.4, 0.5) is 5.69 Å². The highest BCUT2D eigenvalue weighted by Gasteiger charge is 2.16. The molecule has 0 aliphatic carbocycles. The maximum absolute atomic E-state index is 12.8. The number of carbonyl (C=O) groups is 2. The van der Waals surface area contributed by atoms with Gasteiger partial charge in [0.2, 0.25) is 0 Å². The summed E-state index contributed by atoms with van der Waals surface area (Å²) in [5.74, 6) is 0.133. The van der Waals surface area contributed by atoms with Gasteiger partial charge in [0.05, 0.1) is 18.4 Å². The summed E-state index contributed by atoms with van der Waals surface area (Å²) in [5, 5.41) is 5.73. The lowest BCUT2D eigenvalue weighted by molar-refractivity contribution is 0.0951. The van der Waals surface area contributed by atoms with Crippen molar-refractivity contribution in [2.24, 2.45) is 0 Å². The van der Waals surface area contributed by atoms with Gasteiger partial charge in [0.1, 0.15) is 5.75 Å². The fourth-order valence-corrected chi connectivity index (χ4v) is 2.83.